The Bertz CT molecular complexity index is 1390. The first kappa shape index (κ1) is 26.7. The zero-order valence-electron chi connectivity index (χ0n) is 21.9. The summed E-state index contributed by atoms with van der Waals surface area (Å²) in [5.41, 5.74) is 5.67. The number of aryl methyl sites for hydroxylation is 2. The lowest BCUT2D eigenvalue weighted by molar-refractivity contribution is -0.128. The van der Waals surface area contributed by atoms with Crippen molar-refractivity contribution in [3.05, 3.63) is 94.5 Å². The molecule has 1 atom stereocenters. The molecule has 0 bridgehead atoms. The van der Waals surface area contributed by atoms with Gasteiger partial charge in [0.2, 0.25) is 5.91 Å². The average molecular weight is 543 g/mol. The van der Waals surface area contributed by atoms with E-state index >= 15 is 0 Å². The fourth-order valence-electron chi connectivity index (χ4n) is 4.74. The van der Waals surface area contributed by atoms with Crippen LogP contribution in [0.4, 0.5) is 4.79 Å². The van der Waals surface area contributed by atoms with Crippen LogP contribution in [0, 0.1) is 13.8 Å². The van der Waals surface area contributed by atoms with Crippen molar-refractivity contribution in [1.82, 2.24) is 10.2 Å². The van der Waals surface area contributed by atoms with Crippen LogP contribution < -0.4 is 10.1 Å². The number of carbonyl (C=O) groups is 3. The van der Waals surface area contributed by atoms with E-state index < -0.39 is 5.25 Å². The van der Waals surface area contributed by atoms with Gasteiger partial charge in [-0.25, -0.2) is 0 Å². The molecule has 3 aromatic rings. The van der Waals surface area contributed by atoms with Crippen molar-refractivity contribution in [3.63, 3.8) is 0 Å². The minimum absolute atomic E-state index is 0.0162. The highest BCUT2D eigenvalue weighted by Crippen LogP contribution is 2.28. The standard InChI is InChI=1S/C31H30N2O5S/c1-20-15-21(2)17-23(16-20)18-27(30(35)33-11-13-37-14-12-33)24-5-9-26(10-6-24)38-25-7-3-22(4-8-25)19-28-29(34)32-31(36)39-28/h3-10,15-18,28H,11-14,19H2,1-2H3,(H,32,34,36). The Kier molecular flexibility index (Phi) is 8.14. The summed E-state index contributed by atoms with van der Waals surface area (Å²) in [7, 11) is 0. The number of morpholine rings is 1. The van der Waals surface area contributed by atoms with Crippen molar-refractivity contribution in [2.75, 3.05) is 26.3 Å². The summed E-state index contributed by atoms with van der Waals surface area (Å²) in [5, 5.41) is 1.62. The summed E-state index contributed by atoms with van der Waals surface area (Å²) in [6, 6.07) is 21.3. The highest BCUT2D eigenvalue weighted by Gasteiger charge is 2.31. The van der Waals surface area contributed by atoms with Gasteiger partial charge >= 0.3 is 0 Å². The van der Waals surface area contributed by atoms with Gasteiger partial charge in [-0.15, -0.1) is 0 Å². The second kappa shape index (κ2) is 11.9. The van der Waals surface area contributed by atoms with Crippen molar-refractivity contribution in [2.24, 2.45) is 0 Å². The molecule has 3 amide bonds. The quantitative estimate of drug-likeness (QED) is 0.318. The van der Waals surface area contributed by atoms with Gasteiger partial charge in [-0.05, 0) is 67.3 Å². The van der Waals surface area contributed by atoms with Gasteiger partial charge in [0.1, 0.15) is 11.5 Å². The van der Waals surface area contributed by atoms with Crippen LogP contribution >= 0.6 is 11.8 Å². The van der Waals surface area contributed by atoms with Crippen molar-refractivity contribution in [3.8, 4) is 11.5 Å². The number of carbonyl (C=O) groups excluding carboxylic acids is 3. The van der Waals surface area contributed by atoms with Crippen LogP contribution in [0.2, 0.25) is 0 Å². The number of benzene rings is 3. The van der Waals surface area contributed by atoms with Crippen molar-refractivity contribution in [2.45, 2.75) is 25.5 Å². The minimum Gasteiger partial charge on any atom is -0.457 e. The van der Waals surface area contributed by atoms with Crippen LogP contribution in [0.5, 0.6) is 11.5 Å². The Morgan fingerprint density at radius 2 is 1.59 bits per heavy atom. The van der Waals surface area contributed by atoms with Gasteiger partial charge < -0.3 is 14.4 Å². The second-order valence-corrected chi connectivity index (χ2v) is 10.9. The molecule has 2 aliphatic rings. The van der Waals surface area contributed by atoms with Gasteiger partial charge in [0.25, 0.3) is 11.1 Å². The zero-order valence-corrected chi connectivity index (χ0v) is 22.8. The number of nitrogens with one attached hydrogen (secondary N) is 1. The molecule has 8 heteroatoms. The zero-order chi connectivity index (χ0) is 27.4. The number of rotatable bonds is 7. The molecule has 0 saturated carbocycles. The first-order valence-electron chi connectivity index (χ1n) is 12.9. The molecule has 5 rings (SSSR count). The molecule has 2 fully saturated rings. The summed E-state index contributed by atoms with van der Waals surface area (Å²) in [5.74, 6) is 1.04. The number of hydrogen-bond donors (Lipinski definition) is 1. The highest BCUT2D eigenvalue weighted by molar-refractivity contribution is 8.15. The number of ether oxygens (including phenoxy) is 2. The molecule has 1 N–H and O–H groups in total. The SMILES string of the molecule is Cc1cc(C)cc(C=C(C(=O)N2CCOCC2)c2ccc(Oc3ccc(CC4SC(=O)NC4=O)cc3)cc2)c1. The molecule has 2 aliphatic heterocycles. The molecule has 7 nitrogen and oxygen atoms in total. The van der Waals surface area contributed by atoms with E-state index in [-0.39, 0.29) is 17.1 Å². The van der Waals surface area contributed by atoms with Crippen LogP contribution in [0.1, 0.15) is 27.8 Å². The first-order chi connectivity index (χ1) is 18.8. The van der Waals surface area contributed by atoms with Gasteiger partial charge in [-0.1, -0.05) is 65.4 Å². The van der Waals surface area contributed by atoms with Crippen molar-refractivity contribution in [1.29, 1.82) is 0 Å². The smallest absolute Gasteiger partial charge is 0.286 e. The number of hydrogen-bond acceptors (Lipinski definition) is 6. The third-order valence-corrected chi connectivity index (χ3v) is 7.58. The molecule has 0 spiro atoms. The van der Waals surface area contributed by atoms with E-state index in [0.29, 0.717) is 49.8 Å². The Balaban J connectivity index is 1.32. The van der Waals surface area contributed by atoms with Gasteiger partial charge in [0.05, 0.1) is 18.5 Å². The fourth-order valence-corrected chi connectivity index (χ4v) is 5.60. The molecule has 39 heavy (non-hydrogen) atoms. The Hall–Kier alpha value is -3.88. The van der Waals surface area contributed by atoms with Crippen molar-refractivity contribution < 1.29 is 23.9 Å². The summed E-state index contributed by atoms with van der Waals surface area (Å²) < 4.78 is 11.5. The van der Waals surface area contributed by atoms with Crippen molar-refractivity contribution >= 4 is 40.5 Å². The molecule has 1 unspecified atom stereocenters. The van der Waals surface area contributed by atoms with E-state index in [9.17, 15) is 14.4 Å². The van der Waals surface area contributed by atoms with Gasteiger partial charge in [0, 0.05) is 18.7 Å². The number of amides is 3. The summed E-state index contributed by atoms with van der Waals surface area (Å²) >= 11 is 1.02. The van der Waals surface area contributed by atoms with E-state index in [1.165, 1.54) is 0 Å². The molecule has 0 aliphatic carbocycles. The fraction of sp³-hybridized carbons (Fsp3) is 0.258. The monoisotopic (exact) mass is 542 g/mol. The third kappa shape index (κ3) is 6.77. The predicted molar refractivity (Wildman–Crippen MR) is 153 cm³/mol. The third-order valence-electron chi connectivity index (χ3n) is 6.60. The second-order valence-electron chi connectivity index (χ2n) is 9.74. The van der Waals surface area contributed by atoms with Gasteiger partial charge in [0.15, 0.2) is 0 Å². The topological polar surface area (TPSA) is 84.9 Å². The van der Waals surface area contributed by atoms with E-state index in [2.05, 4.69) is 37.4 Å². The Morgan fingerprint density at radius 3 is 2.18 bits per heavy atom. The normalized spacial score (nSPS) is 17.7. The maximum atomic E-state index is 13.6. The van der Waals surface area contributed by atoms with Gasteiger partial charge in [-0.2, -0.15) is 0 Å². The maximum absolute atomic E-state index is 13.6. The first-order valence-corrected chi connectivity index (χ1v) is 13.8. The lowest BCUT2D eigenvalue weighted by atomic mass is 9.99. The predicted octanol–water partition coefficient (Wildman–Crippen LogP) is 5.39. The Labute approximate surface area is 232 Å². The van der Waals surface area contributed by atoms with Crippen LogP contribution in [0.25, 0.3) is 11.6 Å². The molecule has 200 valence electrons. The molecular formula is C31H30N2O5S. The van der Waals surface area contributed by atoms with Crippen LogP contribution in [-0.4, -0.2) is 53.5 Å². The van der Waals surface area contributed by atoms with Crippen LogP contribution in [-0.2, 0) is 20.7 Å². The summed E-state index contributed by atoms with van der Waals surface area (Å²) in [4.78, 5) is 38.6. The van der Waals surface area contributed by atoms with E-state index in [4.69, 9.17) is 9.47 Å². The van der Waals surface area contributed by atoms with Crippen LogP contribution in [0.3, 0.4) is 0 Å². The maximum Gasteiger partial charge on any atom is 0.286 e. The molecule has 2 heterocycles. The van der Waals surface area contributed by atoms with E-state index in [1.807, 2.05) is 59.5 Å². The van der Waals surface area contributed by atoms with E-state index in [0.717, 1.165) is 39.6 Å². The molecule has 3 aromatic carbocycles. The van der Waals surface area contributed by atoms with Gasteiger partial charge in [-0.3, -0.25) is 19.7 Å². The number of thioether (sulfide) groups is 1. The lowest BCUT2D eigenvalue weighted by Gasteiger charge is -2.28. The highest BCUT2D eigenvalue weighted by atomic mass is 32.2. The average Bonchev–Trinajstić information content (AvgIpc) is 3.24. The number of imide groups is 1. The van der Waals surface area contributed by atoms with Crippen LogP contribution in [0.15, 0.2) is 66.7 Å². The Morgan fingerprint density at radius 1 is 0.974 bits per heavy atom. The minimum atomic E-state index is -0.400. The lowest BCUT2D eigenvalue weighted by Crippen LogP contribution is -2.41. The summed E-state index contributed by atoms with van der Waals surface area (Å²) in [6.07, 6.45) is 2.44. The molecule has 0 aromatic heterocycles. The molecular weight excluding hydrogens is 512 g/mol. The summed E-state index contributed by atoms with van der Waals surface area (Å²) in [6.45, 7) is 6.33. The largest absolute Gasteiger partial charge is 0.457 e. The van der Waals surface area contributed by atoms with E-state index in [1.54, 1.807) is 0 Å². The molecule has 2 saturated heterocycles. The number of nitrogens with zero attached hydrogens (tertiary/aromatic N) is 1. The molecule has 0 radical (unpaired) electrons.